The quantitative estimate of drug-likeness (QED) is 0.813. The molecule has 0 N–H and O–H groups in total. The van der Waals surface area contributed by atoms with Gasteiger partial charge in [-0.05, 0) is 17.9 Å². The largest absolute Gasteiger partial charge is 0.228 e. The summed E-state index contributed by atoms with van der Waals surface area (Å²) >= 11 is 0. The molecule has 0 heterocycles. The minimum atomic E-state index is -3.07. The van der Waals surface area contributed by atoms with E-state index in [1.807, 2.05) is 51.1 Å². The van der Waals surface area contributed by atoms with Gasteiger partial charge < -0.3 is 0 Å². The number of hydrogen-bond acceptors (Lipinski definition) is 2. The van der Waals surface area contributed by atoms with Crippen LogP contribution in [-0.4, -0.2) is 14.2 Å². The molecule has 0 aliphatic carbocycles. The van der Waals surface area contributed by atoms with Crippen LogP contribution >= 0.6 is 0 Å². The van der Waals surface area contributed by atoms with Crippen molar-refractivity contribution in [1.82, 2.24) is 0 Å². The maximum atomic E-state index is 12.1. The first-order valence-electron chi connectivity index (χ1n) is 5.49. The van der Waals surface area contributed by atoms with Gasteiger partial charge in [-0.3, -0.25) is 0 Å². The highest BCUT2D eigenvalue weighted by Gasteiger charge is 2.27. The maximum absolute atomic E-state index is 12.1. The SMILES string of the molecule is C[C@@H](c1ccccc1)S(=O)(=O)CC(C)(C)C. The van der Waals surface area contributed by atoms with Gasteiger partial charge in [0.15, 0.2) is 9.84 Å². The fourth-order valence-corrected chi connectivity index (χ4v) is 3.69. The minimum Gasteiger partial charge on any atom is -0.228 e. The summed E-state index contributed by atoms with van der Waals surface area (Å²) in [6.07, 6.45) is 0. The Bertz CT molecular complexity index is 427. The highest BCUT2D eigenvalue weighted by Crippen LogP contribution is 2.27. The first-order valence-corrected chi connectivity index (χ1v) is 7.20. The van der Waals surface area contributed by atoms with E-state index in [9.17, 15) is 8.42 Å². The minimum absolute atomic E-state index is 0.193. The maximum Gasteiger partial charge on any atom is 0.157 e. The van der Waals surface area contributed by atoms with Gasteiger partial charge in [-0.2, -0.15) is 0 Å². The molecule has 0 spiro atoms. The zero-order valence-corrected chi connectivity index (χ0v) is 11.2. The summed E-state index contributed by atoms with van der Waals surface area (Å²) in [5.74, 6) is 0.218. The highest BCUT2D eigenvalue weighted by molar-refractivity contribution is 7.91. The van der Waals surface area contributed by atoms with Gasteiger partial charge in [0.05, 0.1) is 11.0 Å². The zero-order valence-electron chi connectivity index (χ0n) is 10.4. The second kappa shape index (κ2) is 4.58. The van der Waals surface area contributed by atoms with Crippen LogP contribution in [0.2, 0.25) is 0 Å². The van der Waals surface area contributed by atoms with Gasteiger partial charge in [-0.15, -0.1) is 0 Å². The van der Waals surface area contributed by atoms with Crippen LogP contribution < -0.4 is 0 Å². The van der Waals surface area contributed by atoms with Gasteiger partial charge in [0.1, 0.15) is 0 Å². The zero-order chi connectivity index (χ0) is 12.4. The second-order valence-electron chi connectivity index (χ2n) is 5.42. The fraction of sp³-hybridized carbons (Fsp3) is 0.538. The van der Waals surface area contributed by atoms with Gasteiger partial charge >= 0.3 is 0 Å². The van der Waals surface area contributed by atoms with E-state index in [4.69, 9.17) is 0 Å². The van der Waals surface area contributed by atoms with Crippen molar-refractivity contribution in [2.45, 2.75) is 32.9 Å². The summed E-state index contributed by atoms with van der Waals surface area (Å²) in [6, 6.07) is 9.37. The standard InChI is InChI=1S/C13H20O2S/c1-11(12-8-6-5-7-9-12)16(14,15)10-13(2,3)4/h5-9,11H,10H2,1-4H3/t11-/m0/s1. The lowest BCUT2D eigenvalue weighted by molar-refractivity contribution is 0.459. The Hall–Kier alpha value is -0.830. The van der Waals surface area contributed by atoms with Gasteiger partial charge in [-0.1, -0.05) is 51.1 Å². The molecule has 1 atom stereocenters. The Morgan fingerprint density at radius 3 is 2.06 bits per heavy atom. The molecule has 0 fully saturated rings. The second-order valence-corrected chi connectivity index (χ2v) is 7.74. The molecule has 0 aliphatic rings. The van der Waals surface area contributed by atoms with E-state index in [-0.39, 0.29) is 11.2 Å². The monoisotopic (exact) mass is 240 g/mol. The fourth-order valence-electron chi connectivity index (χ4n) is 1.66. The van der Waals surface area contributed by atoms with Crippen LogP contribution in [0.25, 0.3) is 0 Å². The van der Waals surface area contributed by atoms with E-state index >= 15 is 0 Å². The summed E-state index contributed by atoms with van der Waals surface area (Å²) in [5.41, 5.74) is 0.675. The summed E-state index contributed by atoms with van der Waals surface area (Å²) in [5, 5.41) is -0.423. The molecule has 0 aliphatic heterocycles. The lowest BCUT2D eigenvalue weighted by Crippen LogP contribution is -2.24. The predicted molar refractivity (Wildman–Crippen MR) is 68.1 cm³/mol. The Morgan fingerprint density at radius 2 is 1.62 bits per heavy atom. The smallest absolute Gasteiger partial charge is 0.157 e. The third kappa shape index (κ3) is 3.63. The van der Waals surface area contributed by atoms with Crippen LogP contribution in [0.5, 0.6) is 0 Å². The summed E-state index contributed by atoms with van der Waals surface area (Å²) in [7, 11) is -3.07. The Balaban J connectivity index is 2.94. The average Bonchev–Trinajstić information content (AvgIpc) is 2.14. The molecular weight excluding hydrogens is 220 g/mol. The van der Waals surface area contributed by atoms with Crippen LogP contribution in [0.3, 0.4) is 0 Å². The van der Waals surface area contributed by atoms with Crippen LogP contribution in [0.1, 0.15) is 38.5 Å². The molecule has 0 bridgehead atoms. The molecule has 1 rings (SSSR count). The van der Waals surface area contributed by atoms with E-state index in [0.29, 0.717) is 0 Å². The van der Waals surface area contributed by atoms with E-state index in [1.54, 1.807) is 6.92 Å². The Labute approximate surface area is 98.6 Å². The summed E-state index contributed by atoms with van der Waals surface area (Å²) < 4.78 is 24.3. The van der Waals surface area contributed by atoms with Crippen LogP contribution in [0.15, 0.2) is 30.3 Å². The molecular formula is C13H20O2S. The molecule has 2 nitrogen and oxygen atoms in total. The van der Waals surface area contributed by atoms with E-state index < -0.39 is 15.1 Å². The van der Waals surface area contributed by atoms with Crippen molar-refractivity contribution < 1.29 is 8.42 Å². The molecule has 1 aromatic rings. The average molecular weight is 240 g/mol. The Kier molecular flexibility index (Phi) is 3.79. The van der Waals surface area contributed by atoms with Crippen molar-refractivity contribution >= 4 is 9.84 Å². The van der Waals surface area contributed by atoms with E-state index in [2.05, 4.69) is 0 Å². The molecule has 1 aromatic carbocycles. The van der Waals surface area contributed by atoms with E-state index in [1.165, 1.54) is 0 Å². The van der Waals surface area contributed by atoms with Gasteiger partial charge in [-0.25, -0.2) is 8.42 Å². The lowest BCUT2D eigenvalue weighted by Gasteiger charge is -2.21. The molecule has 16 heavy (non-hydrogen) atoms. The normalized spacial score (nSPS) is 14.8. The van der Waals surface area contributed by atoms with Gasteiger partial charge in [0, 0.05) is 0 Å². The van der Waals surface area contributed by atoms with Crippen LogP contribution in [0, 0.1) is 5.41 Å². The molecule has 3 heteroatoms. The number of benzene rings is 1. The van der Waals surface area contributed by atoms with Crippen molar-refractivity contribution in [1.29, 1.82) is 0 Å². The number of sulfone groups is 1. The predicted octanol–water partition coefficient (Wildman–Crippen LogP) is 3.21. The molecule has 0 saturated carbocycles. The number of rotatable bonds is 3. The van der Waals surface area contributed by atoms with Gasteiger partial charge in [0.25, 0.3) is 0 Å². The highest BCUT2D eigenvalue weighted by atomic mass is 32.2. The Morgan fingerprint density at radius 1 is 1.12 bits per heavy atom. The first kappa shape index (κ1) is 13.2. The molecule has 0 unspecified atom stereocenters. The molecule has 90 valence electrons. The van der Waals surface area contributed by atoms with Crippen molar-refractivity contribution in [3.8, 4) is 0 Å². The van der Waals surface area contributed by atoms with Crippen molar-refractivity contribution in [3.63, 3.8) is 0 Å². The third-order valence-electron chi connectivity index (χ3n) is 2.44. The van der Waals surface area contributed by atoms with Crippen molar-refractivity contribution in [3.05, 3.63) is 35.9 Å². The van der Waals surface area contributed by atoms with Crippen molar-refractivity contribution in [2.24, 2.45) is 5.41 Å². The summed E-state index contributed by atoms with van der Waals surface area (Å²) in [6.45, 7) is 7.60. The molecule has 0 saturated heterocycles. The molecule has 0 radical (unpaired) electrons. The molecule has 0 amide bonds. The summed E-state index contributed by atoms with van der Waals surface area (Å²) in [4.78, 5) is 0. The first-order chi connectivity index (χ1) is 7.22. The molecule has 0 aromatic heterocycles. The van der Waals surface area contributed by atoms with Gasteiger partial charge in [0.2, 0.25) is 0 Å². The number of hydrogen-bond donors (Lipinski definition) is 0. The third-order valence-corrected chi connectivity index (χ3v) is 5.06. The van der Waals surface area contributed by atoms with Crippen LogP contribution in [-0.2, 0) is 9.84 Å². The van der Waals surface area contributed by atoms with E-state index in [0.717, 1.165) is 5.56 Å². The van der Waals surface area contributed by atoms with Crippen LogP contribution in [0.4, 0.5) is 0 Å². The lowest BCUT2D eigenvalue weighted by atomic mass is 10.0. The van der Waals surface area contributed by atoms with Crippen molar-refractivity contribution in [2.75, 3.05) is 5.75 Å². The topological polar surface area (TPSA) is 34.1 Å².